The van der Waals surface area contributed by atoms with Gasteiger partial charge in [-0.1, -0.05) is 30.1 Å². The first-order valence-corrected chi connectivity index (χ1v) is 9.18. The van der Waals surface area contributed by atoms with Crippen LogP contribution < -0.4 is 5.32 Å². The number of rotatable bonds is 6. The van der Waals surface area contributed by atoms with E-state index < -0.39 is 0 Å². The van der Waals surface area contributed by atoms with Crippen molar-refractivity contribution in [2.75, 3.05) is 13.2 Å². The Hall–Kier alpha value is -2.88. The summed E-state index contributed by atoms with van der Waals surface area (Å²) < 4.78 is 12.6. The molecule has 1 aromatic carbocycles. The van der Waals surface area contributed by atoms with Gasteiger partial charge in [-0.25, -0.2) is 4.98 Å². The van der Waals surface area contributed by atoms with Crippen LogP contribution in [0.2, 0.25) is 0 Å². The molecule has 0 spiro atoms. The molecular weight excluding hydrogens is 340 g/mol. The second kappa shape index (κ2) is 8.21. The van der Waals surface area contributed by atoms with Crippen LogP contribution in [-0.2, 0) is 24.2 Å². The third-order valence-corrected chi connectivity index (χ3v) is 4.53. The molecule has 138 valence electrons. The second-order valence-electron chi connectivity index (χ2n) is 6.57. The highest BCUT2D eigenvalue weighted by molar-refractivity contribution is 5.40. The summed E-state index contributed by atoms with van der Waals surface area (Å²) in [7, 11) is 0. The number of aryl methyl sites for hydroxylation is 1. The molecule has 6 nitrogen and oxygen atoms in total. The van der Waals surface area contributed by atoms with Gasteiger partial charge in [0.15, 0.2) is 0 Å². The average Bonchev–Trinajstić information content (AvgIpc) is 3.29. The maximum atomic E-state index is 5.34. The summed E-state index contributed by atoms with van der Waals surface area (Å²) in [5.41, 5.74) is 3.03. The molecular formula is C21H22N4O2. The Morgan fingerprint density at radius 3 is 2.81 bits per heavy atom. The summed E-state index contributed by atoms with van der Waals surface area (Å²) in [5.74, 6) is 7.77. The SMILES string of the molecule is CCc1nccn1Cc1cc(C#Cc2ccc(CNC3COC3)cc2)on1. The first kappa shape index (κ1) is 17.5. The van der Waals surface area contributed by atoms with Gasteiger partial charge in [-0.15, -0.1) is 0 Å². The quantitative estimate of drug-likeness (QED) is 0.682. The molecule has 1 N–H and O–H groups in total. The van der Waals surface area contributed by atoms with Crippen LogP contribution >= 0.6 is 0 Å². The fraction of sp³-hybridized carbons (Fsp3) is 0.333. The highest BCUT2D eigenvalue weighted by atomic mass is 16.5. The zero-order chi connectivity index (χ0) is 18.5. The van der Waals surface area contributed by atoms with Gasteiger partial charge in [0.05, 0.1) is 25.8 Å². The van der Waals surface area contributed by atoms with Crippen molar-refractivity contribution >= 4 is 0 Å². The lowest BCUT2D eigenvalue weighted by Crippen LogP contribution is -2.45. The number of hydrogen-bond acceptors (Lipinski definition) is 5. The van der Waals surface area contributed by atoms with Crippen molar-refractivity contribution in [3.05, 3.63) is 71.1 Å². The summed E-state index contributed by atoms with van der Waals surface area (Å²) in [5, 5.41) is 7.55. The van der Waals surface area contributed by atoms with Crippen molar-refractivity contribution < 1.29 is 9.26 Å². The van der Waals surface area contributed by atoms with Crippen molar-refractivity contribution in [3.8, 4) is 11.8 Å². The summed E-state index contributed by atoms with van der Waals surface area (Å²) >= 11 is 0. The van der Waals surface area contributed by atoms with Crippen LogP contribution in [0.5, 0.6) is 0 Å². The maximum absolute atomic E-state index is 5.34. The lowest BCUT2D eigenvalue weighted by atomic mass is 10.1. The van der Waals surface area contributed by atoms with Crippen LogP contribution in [0.25, 0.3) is 0 Å². The minimum Gasteiger partial charge on any atom is -0.378 e. The van der Waals surface area contributed by atoms with Crippen molar-refractivity contribution in [2.24, 2.45) is 0 Å². The van der Waals surface area contributed by atoms with E-state index in [4.69, 9.17) is 9.26 Å². The Morgan fingerprint density at radius 1 is 1.22 bits per heavy atom. The number of aromatic nitrogens is 3. The van der Waals surface area contributed by atoms with Crippen LogP contribution in [0, 0.1) is 11.8 Å². The average molecular weight is 362 g/mol. The Kier molecular flexibility index (Phi) is 5.33. The molecule has 3 heterocycles. The zero-order valence-electron chi connectivity index (χ0n) is 15.3. The van der Waals surface area contributed by atoms with E-state index in [1.807, 2.05) is 24.4 Å². The number of ether oxygens (including phenoxy) is 1. The lowest BCUT2D eigenvalue weighted by molar-refractivity contribution is -0.00578. The molecule has 0 amide bonds. The Balaban J connectivity index is 1.35. The molecule has 0 radical (unpaired) electrons. The Morgan fingerprint density at radius 2 is 2.07 bits per heavy atom. The molecule has 0 bridgehead atoms. The van der Waals surface area contributed by atoms with E-state index in [-0.39, 0.29) is 0 Å². The van der Waals surface area contributed by atoms with Gasteiger partial charge in [-0.05, 0) is 23.6 Å². The van der Waals surface area contributed by atoms with Crippen molar-refractivity contribution in [3.63, 3.8) is 0 Å². The van der Waals surface area contributed by atoms with Gasteiger partial charge in [0.2, 0.25) is 5.76 Å². The molecule has 6 heteroatoms. The molecule has 4 rings (SSSR count). The van der Waals surface area contributed by atoms with E-state index in [9.17, 15) is 0 Å². The number of benzene rings is 1. The van der Waals surface area contributed by atoms with Crippen LogP contribution in [0.3, 0.4) is 0 Å². The number of imidazole rings is 1. The van der Waals surface area contributed by atoms with Crippen molar-refractivity contribution in [1.29, 1.82) is 0 Å². The van der Waals surface area contributed by atoms with E-state index in [0.717, 1.165) is 43.3 Å². The van der Waals surface area contributed by atoms with E-state index in [0.29, 0.717) is 18.3 Å². The van der Waals surface area contributed by atoms with Crippen LogP contribution in [0.15, 0.2) is 47.2 Å². The summed E-state index contributed by atoms with van der Waals surface area (Å²) in [4.78, 5) is 4.32. The highest BCUT2D eigenvalue weighted by Gasteiger charge is 2.16. The normalized spacial score (nSPS) is 13.8. The van der Waals surface area contributed by atoms with Crippen molar-refractivity contribution in [1.82, 2.24) is 20.0 Å². The monoisotopic (exact) mass is 362 g/mol. The highest BCUT2D eigenvalue weighted by Crippen LogP contribution is 2.09. The van der Waals surface area contributed by atoms with Crippen LogP contribution in [-0.4, -0.2) is 34.0 Å². The first-order valence-electron chi connectivity index (χ1n) is 9.18. The predicted octanol–water partition coefficient (Wildman–Crippen LogP) is 2.37. The molecule has 0 aliphatic carbocycles. The van der Waals surface area contributed by atoms with E-state index in [1.165, 1.54) is 5.56 Å². The minimum absolute atomic E-state index is 0.487. The van der Waals surface area contributed by atoms with Gasteiger partial charge in [-0.3, -0.25) is 0 Å². The summed E-state index contributed by atoms with van der Waals surface area (Å²) in [6, 6.07) is 10.6. The fourth-order valence-corrected chi connectivity index (χ4v) is 2.87. The van der Waals surface area contributed by atoms with Crippen LogP contribution in [0.1, 0.15) is 35.3 Å². The van der Waals surface area contributed by atoms with Gasteiger partial charge in [0, 0.05) is 37.0 Å². The number of nitrogens with zero attached hydrogens (tertiary/aromatic N) is 3. The van der Waals surface area contributed by atoms with E-state index in [2.05, 4.69) is 50.9 Å². The third kappa shape index (κ3) is 4.45. The molecule has 1 aliphatic heterocycles. The molecule has 1 fully saturated rings. The zero-order valence-corrected chi connectivity index (χ0v) is 15.3. The second-order valence-corrected chi connectivity index (χ2v) is 6.57. The predicted molar refractivity (Wildman–Crippen MR) is 101 cm³/mol. The Labute approximate surface area is 158 Å². The standard InChI is InChI=1S/C21H22N4O2/c1-2-21-22-9-10-25(21)13-18-11-20(27-24-18)8-7-16-3-5-17(6-4-16)12-23-19-14-26-15-19/h3-6,9-11,19,23H,2,12-15H2,1H3. The van der Waals surface area contributed by atoms with E-state index >= 15 is 0 Å². The summed E-state index contributed by atoms with van der Waals surface area (Å²) in [6.45, 7) is 5.19. The van der Waals surface area contributed by atoms with Crippen molar-refractivity contribution in [2.45, 2.75) is 32.5 Å². The topological polar surface area (TPSA) is 65.1 Å². The Bertz CT molecular complexity index is 942. The maximum Gasteiger partial charge on any atom is 0.210 e. The van der Waals surface area contributed by atoms with Gasteiger partial charge < -0.3 is 19.1 Å². The largest absolute Gasteiger partial charge is 0.378 e. The third-order valence-electron chi connectivity index (χ3n) is 4.53. The fourth-order valence-electron chi connectivity index (χ4n) is 2.87. The van der Waals surface area contributed by atoms with E-state index in [1.54, 1.807) is 6.20 Å². The first-order chi connectivity index (χ1) is 13.3. The van der Waals surface area contributed by atoms with Gasteiger partial charge >= 0.3 is 0 Å². The molecule has 0 saturated carbocycles. The molecule has 1 aliphatic rings. The minimum atomic E-state index is 0.487. The molecule has 27 heavy (non-hydrogen) atoms. The molecule has 3 aromatic rings. The molecule has 0 atom stereocenters. The van der Waals surface area contributed by atoms with Gasteiger partial charge in [0.1, 0.15) is 11.5 Å². The summed E-state index contributed by atoms with van der Waals surface area (Å²) in [6.07, 6.45) is 4.64. The number of nitrogens with one attached hydrogen (secondary N) is 1. The smallest absolute Gasteiger partial charge is 0.210 e. The molecule has 0 unspecified atom stereocenters. The lowest BCUT2D eigenvalue weighted by Gasteiger charge is -2.26. The molecule has 1 saturated heterocycles. The number of hydrogen-bond donors (Lipinski definition) is 1. The molecule has 2 aromatic heterocycles. The van der Waals surface area contributed by atoms with Gasteiger partial charge in [0.25, 0.3) is 0 Å². The van der Waals surface area contributed by atoms with Crippen LogP contribution in [0.4, 0.5) is 0 Å². The van der Waals surface area contributed by atoms with Gasteiger partial charge in [-0.2, -0.15) is 0 Å².